The Kier molecular flexibility index (Phi) is 7.23. The van der Waals surface area contributed by atoms with Gasteiger partial charge in [0.25, 0.3) is 5.56 Å². The Morgan fingerprint density at radius 1 is 1.00 bits per heavy atom. The lowest BCUT2D eigenvalue weighted by Gasteiger charge is -2.09. The van der Waals surface area contributed by atoms with E-state index in [9.17, 15) is 9.59 Å². The highest BCUT2D eigenvalue weighted by molar-refractivity contribution is 5.90. The summed E-state index contributed by atoms with van der Waals surface area (Å²) in [6.07, 6.45) is 5.99. The van der Waals surface area contributed by atoms with Crippen molar-refractivity contribution < 1.29 is 4.79 Å². The topological polar surface area (TPSA) is 77.1 Å². The molecule has 1 heterocycles. The van der Waals surface area contributed by atoms with Crippen LogP contribution in [-0.2, 0) is 11.3 Å². The van der Waals surface area contributed by atoms with Gasteiger partial charge in [0.2, 0.25) is 5.91 Å². The largest absolute Gasteiger partial charge is 0.330 e. The van der Waals surface area contributed by atoms with Crippen molar-refractivity contribution in [3.05, 3.63) is 64.6 Å². The average Bonchev–Trinajstić information content (AvgIpc) is 2.59. The molecule has 0 bridgehead atoms. The molecule has 24 heavy (non-hydrogen) atoms. The van der Waals surface area contributed by atoms with E-state index in [1.54, 1.807) is 22.9 Å². The number of hydrogen-bond acceptors (Lipinski definition) is 3. The minimum atomic E-state index is -0.183. The van der Waals surface area contributed by atoms with Gasteiger partial charge < -0.3 is 15.6 Å². The Bertz CT molecular complexity index is 695. The van der Waals surface area contributed by atoms with Crippen LogP contribution in [0.3, 0.4) is 0 Å². The molecular weight excluding hydrogens is 302 g/mol. The molecule has 0 radical (unpaired) electrons. The molecule has 0 aliphatic carbocycles. The fourth-order valence-electron chi connectivity index (χ4n) is 2.53. The second kappa shape index (κ2) is 9.67. The summed E-state index contributed by atoms with van der Waals surface area (Å²) in [6.45, 7) is 1.18. The normalized spacial score (nSPS) is 10.5. The van der Waals surface area contributed by atoms with Crippen molar-refractivity contribution in [1.29, 1.82) is 0 Å². The molecule has 5 heteroatoms. The number of amides is 1. The Balaban J connectivity index is 1.92. The average molecular weight is 327 g/mol. The van der Waals surface area contributed by atoms with E-state index in [1.807, 2.05) is 30.3 Å². The molecule has 0 aliphatic heterocycles. The van der Waals surface area contributed by atoms with E-state index in [1.165, 1.54) is 0 Å². The van der Waals surface area contributed by atoms with E-state index in [0.29, 0.717) is 25.2 Å². The van der Waals surface area contributed by atoms with Gasteiger partial charge in [-0.2, -0.15) is 0 Å². The third-order valence-electron chi connectivity index (χ3n) is 3.85. The zero-order valence-electron chi connectivity index (χ0n) is 13.9. The smallest absolute Gasteiger partial charge is 0.274 e. The van der Waals surface area contributed by atoms with Gasteiger partial charge in [-0.15, -0.1) is 0 Å². The first-order valence-corrected chi connectivity index (χ1v) is 8.44. The molecule has 0 saturated carbocycles. The van der Waals surface area contributed by atoms with E-state index in [0.717, 1.165) is 31.2 Å². The van der Waals surface area contributed by atoms with Crippen LogP contribution in [0.15, 0.2) is 53.5 Å². The molecule has 5 nitrogen and oxygen atoms in total. The van der Waals surface area contributed by atoms with Crippen molar-refractivity contribution >= 4 is 11.6 Å². The zero-order chi connectivity index (χ0) is 17.2. The van der Waals surface area contributed by atoms with E-state index in [-0.39, 0.29) is 11.5 Å². The number of pyridine rings is 1. The SMILES string of the molecule is NCCCCCCC(=O)Nc1cccn(Cc2ccccc2)c1=O. The summed E-state index contributed by atoms with van der Waals surface area (Å²) in [5.41, 5.74) is 6.64. The molecule has 2 rings (SSSR count). The van der Waals surface area contributed by atoms with Crippen molar-refractivity contribution in [3.8, 4) is 0 Å². The quantitative estimate of drug-likeness (QED) is 0.695. The van der Waals surface area contributed by atoms with Crippen LogP contribution in [0.1, 0.15) is 37.7 Å². The van der Waals surface area contributed by atoms with E-state index in [4.69, 9.17) is 5.73 Å². The minimum Gasteiger partial charge on any atom is -0.330 e. The number of nitrogens with two attached hydrogens (primary N) is 1. The van der Waals surface area contributed by atoms with Gasteiger partial charge in [0.15, 0.2) is 0 Å². The number of anilines is 1. The van der Waals surface area contributed by atoms with Gasteiger partial charge in [0.05, 0.1) is 6.54 Å². The van der Waals surface area contributed by atoms with Crippen LogP contribution in [0, 0.1) is 0 Å². The number of nitrogens with one attached hydrogen (secondary N) is 1. The molecular formula is C19H25N3O2. The second-order valence-electron chi connectivity index (χ2n) is 5.84. The number of rotatable bonds is 9. The summed E-state index contributed by atoms with van der Waals surface area (Å²) in [7, 11) is 0. The first kappa shape index (κ1) is 17.9. The van der Waals surface area contributed by atoms with Crippen LogP contribution in [0.5, 0.6) is 0 Å². The first-order chi connectivity index (χ1) is 11.7. The fraction of sp³-hybridized carbons (Fsp3) is 0.368. The molecule has 128 valence electrons. The lowest BCUT2D eigenvalue weighted by molar-refractivity contribution is -0.116. The molecule has 1 aromatic carbocycles. The summed E-state index contributed by atoms with van der Waals surface area (Å²) < 4.78 is 1.60. The van der Waals surface area contributed by atoms with Crippen LogP contribution in [-0.4, -0.2) is 17.0 Å². The van der Waals surface area contributed by atoms with Crippen LogP contribution < -0.4 is 16.6 Å². The molecule has 0 atom stereocenters. The van der Waals surface area contributed by atoms with Crippen LogP contribution in [0.2, 0.25) is 0 Å². The summed E-state index contributed by atoms with van der Waals surface area (Å²) in [5.74, 6) is -0.114. The highest BCUT2D eigenvalue weighted by Crippen LogP contribution is 2.06. The van der Waals surface area contributed by atoms with E-state index >= 15 is 0 Å². The van der Waals surface area contributed by atoms with Crippen LogP contribution in [0.4, 0.5) is 5.69 Å². The monoisotopic (exact) mass is 327 g/mol. The van der Waals surface area contributed by atoms with Crippen LogP contribution in [0.25, 0.3) is 0 Å². The zero-order valence-corrected chi connectivity index (χ0v) is 13.9. The number of aromatic nitrogens is 1. The molecule has 1 aromatic heterocycles. The van der Waals surface area contributed by atoms with Crippen molar-refractivity contribution in [2.45, 2.75) is 38.6 Å². The van der Waals surface area contributed by atoms with Gasteiger partial charge in [0.1, 0.15) is 5.69 Å². The maximum atomic E-state index is 12.5. The Labute approximate surface area is 142 Å². The van der Waals surface area contributed by atoms with Gasteiger partial charge >= 0.3 is 0 Å². The van der Waals surface area contributed by atoms with Crippen molar-refractivity contribution in [3.63, 3.8) is 0 Å². The van der Waals surface area contributed by atoms with Gasteiger partial charge in [-0.3, -0.25) is 9.59 Å². The number of carbonyl (C=O) groups is 1. The van der Waals surface area contributed by atoms with Gasteiger partial charge in [0, 0.05) is 12.6 Å². The molecule has 0 spiro atoms. The molecule has 0 aliphatic rings. The number of benzene rings is 1. The summed E-state index contributed by atoms with van der Waals surface area (Å²) in [4.78, 5) is 24.4. The first-order valence-electron chi connectivity index (χ1n) is 8.44. The number of unbranched alkanes of at least 4 members (excludes halogenated alkanes) is 3. The van der Waals surface area contributed by atoms with Gasteiger partial charge in [-0.05, 0) is 37.1 Å². The predicted molar refractivity (Wildman–Crippen MR) is 97.0 cm³/mol. The summed E-state index contributed by atoms with van der Waals surface area (Å²) in [6, 6.07) is 13.2. The molecule has 1 amide bonds. The maximum absolute atomic E-state index is 12.5. The van der Waals surface area contributed by atoms with E-state index < -0.39 is 0 Å². The van der Waals surface area contributed by atoms with Crippen molar-refractivity contribution in [2.24, 2.45) is 5.73 Å². The van der Waals surface area contributed by atoms with Gasteiger partial charge in [-0.25, -0.2) is 0 Å². The molecule has 0 unspecified atom stereocenters. The van der Waals surface area contributed by atoms with Crippen molar-refractivity contribution in [1.82, 2.24) is 4.57 Å². The second-order valence-corrected chi connectivity index (χ2v) is 5.84. The third kappa shape index (κ3) is 5.66. The van der Waals surface area contributed by atoms with Crippen LogP contribution >= 0.6 is 0 Å². The highest BCUT2D eigenvalue weighted by atomic mass is 16.2. The molecule has 0 fully saturated rings. The standard InChI is InChI=1S/C19H25N3O2/c20-13-7-2-1-6-12-18(23)21-17-11-8-14-22(19(17)24)15-16-9-4-3-5-10-16/h3-5,8-11,14H,1-2,6-7,12-13,15,20H2,(H,21,23). The predicted octanol–water partition coefficient (Wildman–Crippen LogP) is 2.74. The number of carbonyl (C=O) groups excluding carboxylic acids is 1. The van der Waals surface area contributed by atoms with Crippen molar-refractivity contribution in [2.75, 3.05) is 11.9 Å². The number of hydrogen-bond donors (Lipinski definition) is 2. The Morgan fingerprint density at radius 2 is 1.75 bits per heavy atom. The lowest BCUT2D eigenvalue weighted by atomic mass is 10.1. The van der Waals surface area contributed by atoms with E-state index in [2.05, 4.69) is 5.32 Å². The number of nitrogens with zero attached hydrogens (tertiary/aromatic N) is 1. The minimum absolute atomic E-state index is 0.114. The molecule has 2 aromatic rings. The summed E-state index contributed by atoms with van der Waals surface area (Å²) >= 11 is 0. The maximum Gasteiger partial charge on any atom is 0.274 e. The molecule has 3 N–H and O–H groups in total. The third-order valence-corrected chi connectivity index (χ3v) is 3.85. The van der Waals surface area contributed by atoms with Gasteiger partial charge in [-0.1, -0.05) is 43.2 Å². The summed E-state index contributed by atoms with van der Waals surface area (Å²) in [5, 5.41) is 2.73. The Hall–Kier alpha value is -2.40. The fourth-order valence-corrected chi connectivity index (χ4v) is 2.53. The lowest BCUT2D eigenvalue weighted by Crippen LogP contribution is -2.25. The molecule has 0 saturated heterocycles. The highest BCUT2D eigenvalue weighted by Gasteiger charge is 2.07. The Morgan fingerprint density at radius 3 is 2.50 bits per heavy atom.